The third kappa shape index (κ3) is 3.73. The lowest BCUT2D eigenvalue weighted by Crippen LogP contribution is -2.41. The van der Waals surface area contributed by atoms with Crippen LogP contribution in [0.5, 0.6) is 0 Å². The van der Waals surface area contributed by atoms with Crippen LogP contribution in [0.4, 0.5) is 0 Å². The van der Waals surface area contributed by atoms with E-state index in [-0.39, 0.29) is 18.1 Å². The average molecular weight is 230 g/mol. The zero-order valence-electron chi connectivity index (χ0n) is 10.3. The molecule has 5 nitrogen and oxygen atoms in total. The number of ether oxygens (including phenoxy) is 1. The summed E-state index contributed by atoms with van der Waals surface area (Å²) >= 11 is 0. The first kappa shape index (κ1) is 13.4. The highest BCUT2D eigenvalue weighted by atomic mass is 16.5. The van der Waals surface area contributed by atoms with Crippen molar-refractivity contribution >= 4 is 5.91 Å². The smallest absolute Gasteiger partial charge is 0.225 e. The number of likely N-dealkylation sites (N-methyl/N-ethyl adjacent to an activating group) is 1. The molecule has 5 heteroatoms. The normalized spacial score (nSPS) is 25.4. The van der Waals surface area contributed by atoms with Gasteiger partial charge in [0, 0.05) is 26.2 Å². The summed E-state index contributed by atoms with van der Waals surface area (Å²) in [4.78, 5) is 15.7. The summed E-state index contributed by atoms with van der Waals surface area (Å²) in [6.45, 7) is 1.71. The van der Waals surface area contributed by atoms with E-state index in [0.29, 0.717) is 26.0 Å². The zero-order valence-corrected chi connectivity index (χ0v) is 10.3. The lowest BCUT2D eigenvalue weighted by Gasteiger charge is -2.26. The SMILES string of the molecule is COCCC(=O)N1CC(O)CC1CN(C)C. The van der Waals surface area contributed by atoms with Crippen molar-refractivity contribution in [2.75, 3.05) is 40.9 Å². The van der Waals surface area contributed by atoms with Gasteiger partial charge < -0.3 is 19.6 Å². The Balaban J connectivity index is 2.51. The molecule has 94 valence electrons. The number of hydrogen-bond acceptors (Lipinski definition) is 4. The third-order valence-corrected chi connectivity index (χ3v) is 2.81. The van der Waals surface area contributed by atoms with Gasteiger partial charge in [0.05, 0.1) is 19.1 Å². The Morgan fingerprint density at radius 1 is 1.56 bits per heavy atom. The van der Waals surface area contributed by atoms with Gasteiger partial charge in [-0.05, 0) is 20.5 Å². The molecule has 0 aromatic heterocycles. The first-order valence-corrected chi connectivity index (χ1v) is 5.65. The first-order valence-electron chi connectivity index (χ1n) is 5.65. The molecule has 2 unspecified atom stereocenters. The predicted molar refractivity (Wildman–Crippen MR) is 61.2 cm³/mol. The Hall–Kier alpha value is -0.650. The Morgan fingerprint density at radius 3 is 2.81 bits per heavy atom. The van der Waals surface area contributed by atoms with Crippen LogP contribution in [-0.4, -0.2) is 73.9 Å². The number of aliphatic hydroxyl groups excluding tert-OH is 1. The number of likely N-dealkylation sites (tertiary alicyclic amines) is 1. The van der Waals surface area contributed by atoms with Crippen molar-refractivity contribution in [3.63, 3.8) is 0 Å². The van der Waals surface area contributed by atoms with Gasteiger partial charge in [0.15, 0.2) is 0 Å². The zero-order chi connectivity index (χ0) is 12.1. The maximum absolute atomic E-state index is 11.9. The molecule has 0 bridgehead atoms. The van der Waals surface area contributed by atoms with E-state index < -0.39 is 0 Å². The minimum atomic E-state index is -0.378. The summed E-state index contributed by atoms with van der Waals surface area (Å²) < 4.78 is 4.89. The highest BCUT2D eigenvalue weighted by Gasteiger charge is 2.33. The lowest BCUT2D eigenvalue weighted by molar-refractivity contribution is -0.133. The molecular formula is C11H22N2O3. The molecule has 0 spiro atoms. The van der Waals surface area contributed by atoms with E-state index in [1.165, 1.54) is 0 Å². The van der Waals surface area contributed by atoms with Crippen molar-refractivity contribution in [3.8, 4) is 0 Å². The quantitative estimate of drug-likeness (QED) is 0.695. The minimum Gasteiger partial charge on any atom is -0.391 e. The fourth-order valence-electron chi connectivity index (χ4n) is 2.12. The van der Waals surface area contributed by atoms with Gasteiger partial charge in [0.25, 0.3) is 0 Å². The summed E-state index contributed by atoms with van der Waals surface area (Å²) in [6.07, 6.45) is 0.695. The summed E-state index contributed by atoms with van der Waals surface area (Å²) in [7, 11) is 5.54. The van der Waals surface area contributed by atoms with Gasteiger partial charge in [-0.1, -0.05) is 0 Å². The number of rotatable bonds is 5. The molecule has 2 atom stereocenters. The van der Waals surface area contributed by atoms with Gasteiger partial charge in [-0.25, -0.2) is 0 Å². The van der Waals surface area contributed by atoms with Crippen molar-refractivity contribution in [2.45, 2.75) is 25.0 Å². The largest absolute Gasteiger partial charge is 0.391 e. The molecule has 0 saturated carbocycles. The van der Waals surface area contributed by atoms with Crippen LogP contribution in [0.15, 0.2) is 0 Å². The molecule has 0 aliphatic carbocycles. The number of methoxy groups -OCH3 is 1. The van der Waals surface area contributed by atoms with Crippen molar-refractivity contribution < 1.29 is 14.6 Å². The maximum Gasteiger partial charge on any atom is 0.225 e. The van der Waals surface area contributed by atoms with Crippen LogP contribution in [0.25, 0.3) is 0 Å². The molecule has 0 radical (unpaired) electrons. The van der Waals surface area contributed by atoms with Crippen LogP contribution in [-0.2, 0) is 9.53 Å². The van der Waals surface area contributed by atoms with Crippen molar-refractivity contribution in [1.29, 1.82) is 0 Å². The van der Waals surface area contributed by atoms with E-state index in [2.05, 4.69) is 0 Å². The van der Waals surface area contributed by atoms with Crippen molar-refractivity contribution in [3.05, 3.63) is 0 Å². The van der Waals surface area contributed by atoms with Gasteiger partial charge in [0.1, 0.15) is 0 Å². The van der Waals surface area contributed by atoms with Crippen LogP contribution in [0.3, 0.4) is 0 Å². The molecule has 0 aromatic carbocycles. The standard InChI is InChI=1S/C11H22N2O3/c1-12(2)7-9-6-10(14)8-13(9)11(15)4-5-16-3/h9-10,14H,4-8H2,1-3H3. The summed E-state index contributed by atoms with van der Waals surface area (Å²) in [5, 5.41) is 9.61. The summed E-state index contributed by atoms with van der Waals surface area (Å²) in [5.41, 5.74) is 0. The first-order chi connectivity index (χ1) is 7.54. The number of amides is 1. The van der Waals surface area contributed by atoms with E-state index in [4.69, 9.17) is 4.74 Å². The van der Waals surface area contributed by atoms with E-state index in [0.717, 1.165) is 6.54 Å². The van der Waals surface area contributed by atoms with Gasteiger partial charge in [0.2, 0.25) is 5.91 Å². The molecule has 1 amide bonds. The maximum atomic E-state index is 11.9. The molecule has 1 aliphatic rings. The number of aliphatic hydroxyl groups is 1. The molecule has 1 saturated heterocycles. The Kier molecular flexibility index (Phi) is 5.18. The van der Waals surface area contributed by atoms with E-state index >= 15 is 0 Å². The van der Waals surface area contributed by atoms with Crippen LogP contribution in [0.2, 0.25) is 0 Å². The molecule has 0 aromatic rings. The molecule has 16 heavy (non-hydrogen) atoms. The molecule has 1 fully saturated rings. The Bertz CT molecular complexity index is 233. The molecule has 1 aliphatic heterocycles. The highest BCUT2D eigenvalue weighted by molar-refractivity contribution is 5.77. The van der Waals surface area contributed by atoms with Crippen LogP contribution in [0.1, 0.15) is 12.8 Å². The molecule has 1 rings (SSSR count). The molecule has 1 N–H and O–H groups in total. The number of carbonyl (C=O) groups is 1. The number of carbonyl (C=O) groups excluding carboxylic acids is 1. The topological polar surface area (TPSA) is 53.0 Å². The predicted octanol–water partition coefficient (Wildman–Crippen LogP) is -0.454. The summed E-state index contributed by atoms with van der Waals surface area (Å²) in [6, 6.07) is 0.134. The fraction of sp³-hybridized carbons (Fsp3) is 0.909. The fourth-order valence-corrected chi connectivity index (χ4v) is 2.12. The molecular weight excluding hydrogens is 208 g/mol. The highest BCUT2D eigenvalue weighted by Crippen LogP contribution is 2.19. The van der Waals surface area contributed by atoms with Gasteiger partial charge in [-0.2, -0.15) is 0 Å². The Morgan fingerprint density at radius 2 is 2.25 bits per heavy atom. The number of hydrogen-bond donors (Lipinski definition) is 1. The lowest BCUT2D eigenvalue weighted by atomic mass is 10.2. The second-order valence-electron chi connectivity index (χ2n) is 4.59. The van der Waals surface area contributed by atoms with Crippen LogP contribution in [0, 0.1) is 0 Å². The van der Waals surface area contributed by atoms with E-state index in [9.17, 15) is 9.90 Å². The van der Waals surface area contributed by atoms with Gasteiger partial charge in [-0.3, -0.25) is 4.79 Å². The second-order valence-corrected chi connectivity index (χ2v) is 4.59. The van der Waals surface area contributed by atoms with Crippen LogP contribution >= 0.6 is 0 Å². The number of nitrogens with zero attached hydrogens (tertiary/aromatic N) is 2. The van der Waals surface area contributed by atoms with Gasteiger partial charge in [-0.15, -0.1) is 0 Å². The average Bonchev–Trinajstić information content (AvgIpc) is 2.55. The molecule has 1 heterocycles. The third-order valence-electron chi connectivity index (χ3n) is 2.81. The summed E-state index contributed by atoms with van der Waals surface area (Å²) in [5.74, 6) is 0.0743. The van der Waals surface area contributed by atoms with E-state index in [1.54, 1.807) is 12.0 Å². The van der Waals surface area contributed by atoms with E-state index in [1.807, 2.05) is 19.0 Å². The van der Waals surface area contributed by atoms with Crippen LogP contribution < -0.4 is 0 Å². The monoisotopic (exact) mass is 230 g/mol. The Labute approximate surface area is 97.0 Å². The van der Waals surface area contributed by atoms with Crippen molar-refractivity contribution in [1.82, 2.24) is 9.80 Å². The number of β-amino-alcohol motifs (C(OH)–C–C–N with tert-alkyl or cyclic N) is 1. The minimum absolute atomic E-state index is 0.0743. The second kappa shape index (κ2) is 6.18. The van der Waals surface area contributed by atoms with Crippen molar-refractivity contribution in [2.24, 2.45) is 0 Å². The van der Waals surface area contributed by atoms with Gasteiger partial charge >= 0.3 is 0 Å².